The van der Waals surface area contributed by atoms with Gasteiger partial charge in [-0.1, -0.05) is 26.7 Å². The lowest BCUT2D eigenvalue weighted by atomic mass is 9.85. The van der Waals surface area contributed by atoms with Gasteiger partial charge in [0.05, 0.1) is 0 Å². The second kappa shape index (κ2) is 4.23. The molecule has 0 fully saturated rings. The molecule has 13 heavy (non-hydrogen) atoms. The van der Waals surface area contributed by atoms with E-state index >= 15 is 0 Å². The fourth-order valence-corrected chi connectivity index (χ4v) is 1.06. The minimum atomic E-state index is -0.848. The lowest BCUT2D eigenvalue weighted by molar-refractivity contribution is -0.130. The predicted octanol–water partition coefficient (Wildman–Crippen LogP) is 1.83. The summed E-state index contributed by atoms with van der Waals surface area (Å²) in [4.78, 5) is 22.4. The molecule has 0 aromatic carbocycles. The van der Waals surface area contributed by atoms with Gasteiger partial charge >= 0.3 is 0 Å². The number of Topliss-reactive ketones (excluding diaryl/α,β-unsaturated/α-hetero) is 2. The van der Waals surface area contributed by atoms with E-state index in [1.807, 2.05) is 20.8 Å². The summed E-state index contributed by atoms with van der Waals surface area (Å²) in [5.74, 6) is 0.987. The summed E-state index contributed by atoms with van der Waals surface area (Å²) in [6.07, 6.45) is 5.45. The van der Waals surface area contributed by atoms with Gasteiger partial charge in [-0.3, -0.25) is 9.59 Å². The van der Waals surface area contributed by atoms with Crippen LogP contribution in [0.15, 0.2) is 0 Å². The third-order valence-electron chi connectivity index (χ3n) is 1.60. The first-order valence-electron chi connectivity index (χ1n) is 4.27. The molecule has 0 aliphatic heterocycles. The molecule has 0 amide bonds. The van der Waals surface area contributed by atoms with E-state index in [4.69, 9.17) is 6.42 Å². The van der Waals surface area contributed by atoms with Crippen LogP contribution in [0.4, 0.5) is 0 Å². The molecular weight excluding hydrogens is 164 g/mol. The summed E-state index contributed by atoms with van der Waals surface area (Å²) in [7, 11) is 0. The van der Waals surface area contributed by atoms with Gasteiger partial charge in [0, 0.05) is 6.42 Å². The molecule has 0 heterocycles. The number of rotatable bonds is 3. The second-order valence-electron chi connectivity index (χ2n) is 4.41. The Balaban J connectivity index is 4.44. The predicted molar refractivity (Wildman–Crippen MR) is 52.1 cm³/mol. The van der Waals surface area contributed by atoms with Crippen molar-refractivity contribution in [2.45, 2.75) is 34.1 Å². The minimum absolute atomic E-state index is 0.109. The molecule has 72 valence electrons. The highest BCUT2D eigenvalue weighted by Crippen LogP contribution is 2.21. The molecule has 0 radical (unpaired) electrons. The van der Waals surface area contributed by atoms with Crippen LogP contribution in [0.5, 0.6) is 0 Å². The van der Waals surface area contributed by atoms with Crippen LogP contribution in [0.2, 0.25) is 0 Å². The van der Waals surface area contributed by atoms with E-state index in [1.165, 1.54) is 6.92 Å². The van der Waals surface area contributed by atoms with Crippen LogP contribution >= 0.6 is 0 Å². The van der Waals surface area contributed by atoms with Gasteiger partial charge in [-0.05, 0) is 12.3 Å². The first kappa shape index (κ1) is 11.9. The van der Waals surface area contributed by atoms with Crippen molar-refractivity contribution in [2.75, 3.05) is 0 Å². The summed E-state index contributed by atoms with van der Waals surface area (Å²) < 4.78 is 0. The van der Waals surface area contributed by atoms with E-state index in [0.717, 1.165) is 0 Å². The molecule has 0 aromatic heterocycles. The Kier molecular flexibility index (Phi) is 3.87. The van der Waals surface area contributed by atoms with E-state index in [9.17, 15) is 9.59 Å². The molecule has 0 saturated heterocycles. The van der Waals surface area contributed by atoms with Gasteiger partial charge in [0.2, 0.25) is 0 Å². The molecule has 0 N–H and O–H groups in total. The lowest BCUT2D eigenvalue weighted by Gasteiger charge is -2.18. The molecule has 1 atom stereocenters. The first-order chi connectivity index (χ1) is 5.78. The second-order valence-corrected chi connectivity index (χ2v) is 4.41. The van der Waals surface area contributed by atoms with E-state index in [-0.39, 0.29) is 17.0 Å². The fourth-order valence-electron chi connectivity index (χ4n) is 1.06. The van der Waals surface area contributed by atoms with Crippen molar-refractivity contribution in [2.24, 2.45) is 11.3 Å². The Morgan fingerprint density at radius 1 is 1.38 bits per heavy atom. The molecule has 0 aliphatic rings. The number of carbonyl (C=O) groups is 2. The maximum Gasteiger partial charge on any atom is 0.155 e. The van der Waals surface area contributed by atoms with E-state index in [2.05, 4.69) is 5.92 Å². The SMILES string of the molecule is C#CC(C(C)=O)C(=O)CC(C)(C)C. The van der Waals surface area contributed by atoms with Gasteiger partial charge in [-0.15, -0.1) is 6.42 Å². The number of carbonyl (C=O) groups excluding carboxylic acids is 2. The molecule has 2 nitrogen and oxygen atoms in total. The zero-order valence-corrected chi connectivity index (χ0v) is 8.68. The Morgan fingerprint density at radius 3 is 2.08 bits per heavy atom. The normalized spacial score (nSPS) is 13.2. The van der Waals surface area contributed by atoms with Crippen molar-refractivity contribution in [3.63, 3.8) is 0 Å². The number of hydrogen-bond acceptors (Lipinski definition) is 2. The monoisotopic (exact) mass is 180 g/mol. The number of terminal acetylenes is 1. The topological polar surface area (TPSA) is 34.1 Å². The van der Waals surface area contributed by atoms with Gasteiger partial charge in [0.1, 0.15) is 5.92 Å². The lowest BCUT2D eigenvalue weighted by Crippen LogP contribution is -2.24. The van der Waals surface area contributed by atoms with Gasteiger partial charge in [-0.25, -0.2) is 0 Å². The van der Waals surface area contributed by atoms with Crippen LogP contribution < -0.4 is 0 Å². The quantitative estimate of drug-likeness (QED) is 0.490. The summed E-state index contributed by atoms with van der Waals surface area (Å²) in [6, 6.07) is 0. The zero-order chi connectivity index (χ0) is 10.6. The summed E-state index contributed by atoms with van der Waals surface area (Å²) in [5, 5.41) is 0. The third kappa shape index (κ3) is 4.47. The van der Waals surface area contributed by atoms with E-state index < -0.39 is 5.92 Å². The molecule has 0 spiro atoms. The highest BCUT2D eigenvalue weighted by atomic mass is 16.1. The molecule has 0 aromatic rings. The zero-order valence-electron chi connectivity index (χ0n) is 8.68. The average molecular weight is 180 g/mol. The number of ketones is 2. The molecule has 1 unspecified atom stereocenters. The Hall–Kier alpha value is -1.10. The molecular formula is C11H16O2. The van der Waals surface area contributed by atoms with Crippen LogP contribution in [-0.2, 0) is 9.59 Å². The summed E-state index contributed by atoms with van der Waals surface area (Å²) >= 11 is 0. The van der Waals surface area contributed by atoms with Gasteiger partial charge in [0.15, 0.2) is 11.6 Å². The highest BCUT2D eigenvalue weighted by molar-refractivity contribution is 6.04. The Labute approximate surface area is 79.7 Å². The molecule has 0 aliphatic carbocycles. The largest absolute Gasteiger partial charge is 0.298 e. The van der Waals surface area contributed by atoms with Crippen molar-refractivity contribution in [1.82, 2.24) is 0 Å². The minimum Gasteiger partial charge on any atom is -0.298 e. The van der Waals surface area contributed by atoms with Gasteiger partial charge in [0.25, 0.3) is 0 Å². The van der Waals surface area contributed by atoms with Crippen molar-refractivity contribution in [3.8, 4) is 12.3 Å². The van der Waals surface area contributed by atoms with Crippen molar-refractivity contribution in [1.29, 1.82) is 0 Å². The van der Waals surface area contributed by atoms with Gasteiger partial charge in [-0.2, -0.15) is 0 Å². The van der Waals surface area contributed by atoms with Crippen molar-refractivity contribution >= 4 is 11.6 Å². The van der Waals surface area contributed by atoms with Crippen LogP contribution in [0.3, 0.4) is 0 Å². The standard InChI is InChI=1S/C11H16O2/c1-6-9(8(2)12)10(13)7-11(3,4)5/h1,9H,7H2,2-5H3. The Morgan fingerprint density at radius 2 is 1.85 bits per heavy atom. The Bertz CT molecular complexity index is 250. The van der Waals surface area contributed by atoms with Crippen molar-refractivity contribution in [3.05, 3.63) is 0 Å². The van der Waals surface area contributed by atoms with Gasteiger partial charge < -0.3 is 0 Å². The van der Waals surface area contributed by atoms with Crippen LogP contribution in [0.1, 0.15) is 34.1 Å². The van der Waals surface area contributed by atoms with Crippen LogP contribution in [0, 0.1) is 23.7 Å². The maximum atomic E-state index is 11.5. The maximum absolute atomic E-state index is 11.5. The third-order valence-corrected chi connectivity index (χ3v) is 1.60. The van der Waals surface area contributed by atoms with Crippen molar-refractivity contribution < 1.29 is 9.59 Å². The average Bonchev–Trinajstić information content (AvgIpc) is 1.82. The number of hydrogen-bond donors (Lipinski definition) is 0. The van der Waals surface area contributed by atoms with Crippen LogP contribution in [-0.4, -0.2) is 11.6 Å². The first-order valence-corrected chi connectivity index (χ1v) is 4.27. The highest BCUT2D eigenvalue weighted by Gasteiger charge is 2.25. The molecule has 0 rings (SSSR count). The fraction of sp³-hybridized carbons (Fsp3) is 0.636. The van der Waals surface area contributed by atoms with E-state index in [0.29, 0.717) is 6.42 Å². The smallest absolute Gasteiger partial charge is 0.155 e. The summed E-state index contributed by atoms with van der Waals surface area (Å²) in [5.41, 5.74) is -0.109. The molecule has 2 heteroatoms. The summed E-state index contributed by atoms with van der Waals surface area (Å²) in [6.45, 7) is 7.18. The molecule has 0 bridgehead atoms. The van der Waals surface area contributed by atoms with Crippen LogP contribution in [0.25, 0.3) is 0 Å². The molecule has 0 saturated carbocycles. The van der Waals surface area contributed by atoms with E-state index in [1.54, 1.807) is 0 Å².